The molecule has 1 N–H and O–H groups in total. The zero-order valence-electron chi connectivity index (χ0n) is 13.1. The molecule has 2 aromatic rings. The minimum atomic E-state index is -0.349. The summed E-state index contributed by atoms with van der Waals surface area (Å²) in [6.07, 6.45) is 4.94. The molecule has 0 spiro atoms. The number of aromatic nitrogens is 3. The first-order valence-corrected chi connectivity index (χ1v) is 7.58. The Bertz CT molecular complexity index is 623. The van der Waals surface area contributed by atoms with Crippen LogP contribution in [0.5, 0.6) is 0 Å². The SMILES string of the molecule is CCCOC(=O)c1ccc(NC(=O)CCCn2cncn2)cc1. The van der Waals surface area contributed by atoms with E-state index in [2.05, 4.69) is 15.4 Å². The van der Waals surface area contributed by atoms with Crippen molar-refractivity contribution < 1.29 is 14.3 Å². The van der Waals surface area contributed by atoms with E-state index in [0.29, 0.717) is 37.2 Å². The molecule has 0 saturated carbocycles. The van der Waals surface area contributed by atoms with E-state index in [1.165, 1.54) is 6.33 Å². The van der Waals surface area contributed by atoms with Gasteiger partial charge in [0.2, 0.25) is 5.91 Å². The van der Waals surface area contributed by atoms with Crippen molar-refractivity contribution in [2.24, 2.45) is 0 Å². The van der Waals surface area contributed by atoms with Gasteiger partial charge in [-0.25, -0.2) is 9.78 Å². The van der Waals surface area contributed by atoms with E-state index in [9.17, 15) is 9.59 Å². The summed E-state index contributed by atoms with van der Waals surface area (Å²) in [6, 6.07) is 6.67. The molecule has 1 aromatic carbocycles. The maximum absolute atomic E-state index is 11.9. The van der Waals surface area contributed by atoms with E-state index < -0.39 is 0 Å². The molecule has 0 aliphatic carbocycles. The highest BCUT2D eigenvalue weighted by Crippen LogP contribution is 2.11. The monoisotopic (exact) mass is 316 g/mol. The molecule has 0 aliphatic heterocycles. The number of nitrogens with one attached hydrogen (secondary N) is 1. The van der Waals surface area contributed by atoms with E-state index in [0.717, 1.165) is 6.42 Å². The topological polar surface area (TPSA) is 86.1 Å². The van der Waals surface area contributed by atoms with Crippen LogP contribution in [0.1, 0.15) is 36.5 Å². The summed E-state index contributed by atoms with van der Waals surface area (Å²) in [4.78, 5) is 27.4. The zero-order chi connectivity index (χ0) is 16.5. The van der Waals surface area contributed by atoms with E-state index in [1.807, 2.05) is 6.92 Å². The number of carbonyl (C=O) groups excluding carboxylic acids is 2. The predicted octanol–water partition coefficient (Wildman–Crippen LogP) is 2.26. The Hall–Kier alpha value is -2.70. The molecule has 0 radical (unpaired) electrons. The summed E-state index contributed by atoms with van der Waals surface area (Å²) in [5, 5.41) is 6.77. The maximum atomic E-state index is 11.9. The van der Waals surface area contributed by atoms with Gasteiger partial charge < -0.3 is 10.1 Å². The first kappa shape index (κ1) is 16.7. The summed E-state index contributed by atoms with van der Waals surface area (Å²) in [7, 11) is 0. The Morgan fingerprint density at radius 1 is 1.26 bits per heavy atom. The standard InChI is InChI=1S/C16H20N4O3/c1-2-10-23-16(22)13-5-7-14(8-6-13)19-15(21)4-3-9-20-12-17-11-18-20/h5-8,11-12H,2-4,9-10H2,1H3,(H,19,21). The first-order chi connectivity index (χ1) is 11.2. The van der Waals surface area contributed by atoms with Crippen molar-refractivity contribution in [3.63, 3.8) is 0 Å². The van der Waals surface area contributed by atoms with Gasteiger partial charge in [-0.3, -0.25) is 9.48 Å². The lowest BCUT2D eigenvalue weighted by molar-refractivity contribution is -0.116. The molecule has 122 valence electrons. The first-order valence-electron chi connectivity index (χ1n) is 7.58. The molecule has 0 fully saturated rings. The van der Waals surface area contributed by atoms with Crippen LogP contribution in [0.4, 0.5) is 5.69 Å². The highest BCUT2D eigenvalue weighted by atomic mass is 16.5. The number of amides is 1. The molecule has 1 aromatic heterocycles. The maximum Gasteiger partial charge on any atom is 0.338 e. The summed E-state index contributed by atoms with van der Waals surface area (Å²) >= 11 is 0. The Morgan fingerprint density at radius 3 is 2.70 bits per heavy atom. The van der Waals surface area contributed by atoms with Crippen molar-refractivity contribution in [3.8, 4) is 0 Å². The van der Waals surface area contributed by atoms with Crippen molar-refractivity contribution in [2.45, 2.75) is 32.7 Å². The number of hydrogen-bond donors (Lipinski definition) is 1. The lowest BCUT2D eigenvalue weighted by Gasteiger charge is -2.07. The molecule has 1 amide bonds. The van der Waals surface area contributed by atoms with Crippen molar-refractivity contribution in [1.82, 2.24) is 14.8 Å². The average molecular weight is 316 g/mol. The molecule has 0 atom stereocenters. The molecule has 0 aliphatic rings. The fourth-order valence-electron chi connectivity index (χ4n) is 1.94. The number of benzene rings is 1. The van der Waals surface area contributed by atoms with Crippen LogP contribution in [-0.4, -0.2) is 33.2 Å². The van der Waals surface area contributed by atoms with Gasteiger partial charge in [0.25, 0.3) is 0 Å². The van der Waals surface area contributed by atoms with Gasteiger partial charge in [0.05, 0.1) is 12.2 Å². The lowest BCUT2D eigenvalue weighted by atomic mass is 10.2. The van der Waals surface area contributed by atoms with Gasteiger partial charge in [-0.15, -0.1) is 0 Å². The number of carbonyl (C=O) groups is 2. The Kier molecular flexibility index (Phi) is 6.28. The summed E-state index contributed by atoms with van der Waals surface area (Å²) < 4.78 is 6.73. The second-order valence-corrected chi connectivity index (χ2v) is 5.02. The van der Waals surface area contributed by atoms with Gasteiger partial charge in [0, 0.05) is 18.7 Å². The predicted molar refractivity (Wildman–Crippen MR) is 84.9 cm³/mol. The van der Waals surface area contributed by atoms with Crippen molar-refractivity contribution in [3.05, 3.63) is 42.5 Å². The lowest BCUT2D eigenvalue weighted by Crippen LogP contribution is -2.13. The van der Waals surface area contributed by atoms with Gasteiger partial charge in [0.15, 0.2) is 0 Å². The number of rotatable bonds is 8. The van der Waals surface area contributed by atoms with Crippen molar-refractivity contribution in [1.29, 1.82) is 0 Å². The third kappa shape index (κ3) is 5.54. The van der Waals surface area contributed by atoms with E-state index in [-0.39, 0.29) is 11.9 Å². The van der Waals surface area contributed by atoms with E-state index >= 15 is 0 Å². The van der Waals surface area contributed by atoms with Crippen LogP contribution < -0.4 is 5.32 Å². The third-order valence-corrected chi connectivity index (χ3v) is 3.10. The van der Waals surface area contributed by atoms with Crippen LogP contribution in [0, 0.1) is 0 Å². The number of anilines is 1. The van der Waals surface area contributed by atoms with Crippen molar-refractivity contribution >= 4 is 17.6 Å². The second kappa shape index (κ2) is 8.67. The fraction of sp³-hybridized carbons (Fsp3) is 0.375. The van der Waals surface area contributed by atoms with Crippen LogP contribution in [-0.2, 0) is 16.1 Å². The number of hydrogen-bond acceptors (Lipinski definition) is 5. The second-order valence-electron chi connectivity index (χ2n) is 5.02. The third-order valence-electron chi connectivity index (χ3n) is 3.10. The molecule has 23 heavy (non-hydrogen) atoms. The molecule has 0 saturated heterocycles. The van der Waals surface area contributed by atoms with Crippen LogP contribution >= 0.6 is 0 Å². The van der Waals surface area contributed by atoms with Gasteiger partial charge in [-0.05, 0) is 37.1 Å². The summed E-state index contributed by atoms with van der Waals surface area (Å²) in [5.74, 6) is -0.427. The van der Waals surface area contributed by atoms with Crippen LogP contribution in [0.2, 0.25) is 0 Å². The highest BCUT2D eigenvalue weighted by molar-refractivity contribution is 5.93. The number of esters is 1. The van der Waals surface area contributed by atoms with E-state index in [1.54, 1.807) is 35.3 Å². The minimum absolute atomic E-state index is 0.0774. The van der Waals surface area contributed by atoms with Gasteiger partial charge in [-0.2, -0.15) is 5.10 Å². The Morgan fingerprint density at radius 2 is 2.04 bits per heavy atom. The normalized spacial score (nSPS) is 10.3. The molecular weight excluding hydrogens is 296 g/mol. The zero-order valence-corrected chi connectivity index (χ0v) is 13.1. The number of nitrogens with zero attached hydrogens (tertiary/aromatic N) is 3. The molecule has 1 heterocycles. The van der Waals surface area contributed by atoms with Crippen molar-refractivity contribution in [2.75, 3.05) is 11.9 Å². The quantitative estimate of drug-likeness (QED) is 0.755. The minimum Gasteiger partial charge on any atom is -0.462 e. The molecule has 7 nitrogen and oxygen atoms in total. The highest BCUT2D eigenvalue weighted by Gasteiger charge is 2.07. The Balaban J connectivity index is 1.76. The number of aryl methyl sites for hydroxylation is 1. The molecule has 7 heteroatoms. The summed E-state index contributed by atoms with van der Waals surface area (Å²) in [5.41, 5.74) is 1.13. The molecule has 0 unspecified atom stereocenters. The number of ether oxygens (including phenoxy) is 1. The largest absolute Gasteiger partial charge is 0.462 e. The summed E-state index contributed by atoms with van der Waals surface area (Å²) in [6.45, 7) is 2.99. The van der Waals surface area contributed by atoms with Crippen LogP contribution in [0.15, 0.2) is 36.9 Å². The molecular formula is C16H20N4O3. The van der Waals surface area contributed by atoms with Crippen LogP contribution in [0.3, 0.4) is 0 Å². The van der Waals surface area contributed by atoms with Crippen LogP contribution in [0.25, 0.3) is 0 Å². The Labute approximate surface area is 134 Å². The molecule has 2 rings (SSSR count). The smallest absolute Gasteiger partial charge is 0.338 e. The van der Waals surface area contributed by atoms with E-state index in [4.69, 9.17) is 4.74 Å². The van der Waals surface area contributed by atoms with Gasteiger partial charge >= 0.3 is 5.97 Å². The fourth-order valence-corrected chi connectivity index (χ4v) is 1.94. The average Bonchev–Trinajstić information content (AvgIpc) is 3.06. The van der Waals surface area contributed by atoms with Gasteiger partial charge in [0.1, 0.15) is 12.7 Å². The molecule has 0 bridgehead atoms. The van der Waals surface area contributed by atoms with Gasteiger partial charge in [-0.1, -0.05) is 6.92 Å².